The van der Waals surface area contributed by atoms with Gasteiger partial charge in [0.15, 0.2) is 0 Å². The van der Waals surface area contributed by atoms with Crippen LogP contribution in [0.15, 0.2) is 24.3 Å². The quantitative estimate of drug-likeness (QED) is 0.874. The first-order chi connectivity index (χ1) is 7.21. The normalized spacial score (nSPS) is 12.8. The average Bonchev–Trinajstić information content (AvgIpc) is 2.15. The molecule has 0 spiro atoms. The molecule has 1 aromatic carbocycles. The molecule has 3 nitrogen and oxygen atoms in total. The van der Waals surface area contributed by atoms with Gasteiger partial charge in [0.1, 0.15) is 0 Å². The molecule has 0 atom stereocenters. The third-order valence-electron chi connectivity index (χ3n) is 2.61. The van der Waals surface area contributed by atoms with Gasteiger partial charge in [0.05, 0.1) is 6.26 Å². The van der Waals surface area contributed by atoms with Gasteiger partial charge in [0.2, 0.25) is 10.0 Å². The number of sulfonamides is 1. The molecule has 0 radical (unpaired) electrons. The summed E-state index contributed by atoms with van der Waals surface area (Å²) in [5.41, 5.74) is 2.14. The molecule has 0 aromatic heterocycles. The summed E-state index contributed by atoms with van der Waals surface area (Å²) in [5.74, 6) is 0. The van der Waals surface area contributed by atoms with E-state index in [2.05, 4.69) is 4.72 Å². The van der Waals surface area contributed by atoms with Gasteiger partial charge in [-0.15, -0.1) is 0 Å². The maximum Gasteiger partial charge on any atom is 0.208 e. The number of hydrogen-bond acceptors (Lipinski definition) is 2. The maximum absolute atomic E-state index is 11.1. The highest BCUT2D eigenvalue weighted by Crippen LogP contribution is 2.22. The van der Waals surface area contributed by atoms with Crippen molar-refractivity contribution < 1.29 is 8.42 Å². The summed E-state index contributed by atoms with van der Waals surface area (Å²) < 4.78 is 24.7. The molecule has 0 saturated carbocycles. The van der Waals surface area contributed by atoms with Gasteiger partial charge in [0.25, 0.3) is 0 Å². The van der Waals surface area contributed by atoms with Crippen molar-refractivity contribution in [3.8, 4) is 0 Å². The zero-order valence-electron chi connectivity index (χ0n) is 10.2. The topological polar surface area (TPSA) is 46.2 Å². The van der Waals surface area contributed by atoms with E-state index in [-0.39, 0.29) is 5.41 Å². The number of nitrogens with one attached hydrogen (secondary N) is 1. The smallest absolute Gasteiger partial charge is 0.208 e. The zero-order valence-corrected chi connectivity index (χ0v) is 11.1. The average molecular weight is 241 g/mol. The van der Waals surface area contributed by atoms with Crippen LogP contribution in [0.1, 0.15) is 25.0 Å². The molecule has 0 amide bonds. The van der Waals surface area contributed by atoms with Gasteiger partial charge in [-0.25, -0.2) is 13.1 Å². The first kappa shape index (κ1) is 13.2. The molecule has 0 fully saturated rings. The summed E-state index contributed by atoms with van der Waals surface area (Å²) in [6.07, 6.45) is 1.18. The Hall–Kier alpha value is -0.870. The van der Waals surface area contributed by atoms with E-state index in [9.17, 15) is 8.42 Å². The highest BCUT2D eigenvalue weighted by Gasteiger charge is 2.21. The molecule has 0 heterocycles. The Morgan fingerprint density at radius 1 is 1.19 bits per heavy atom. The third kappa shape index (κ3) is 3.94. The molecule has 90 valence electrons. The predicted octanol–water partition coefficient (Wildman–Crippen LogP) is 1.82. The molecule has 16 heavy (non-hydrogen) atoms. The highest BCUT2D eigenvalue weighted by atomic mass is 32.2. The lowest BCUT2D eigenvalue weighted by Gasteiger charge is -2.25. The molecule has 0 aliphatic rings. The van der Waals surface area contributed by atoms with E-state index in [1.54, 1.807) is 0 Å². The van der Waals surface area contributed by atoms with Crippen LogP contribution in [0.2, 0.25) is 0 Å². The second kappa shape index (κ2) is 4.55. The molecule has 0 saturated heterocycles. The summed E-state index contributed by atoms with van der Waals surface area (Å²) in [4.78, 5) is 0. The minimum absolute atomic E-state index is 0.198. The van der Waals surface area contributed by atoms with Crippen LogP contribution in [0.4, 0.5) is 0 Å². The van der Waals surface area contributed by atoms with Crippen molar-refractivity contribution in [2.24, 2.45) is 0 Å². The first-order valence-electron chi connectivity index (χ1n) is 5.22. The minimum Gasteiger partial charge on any atom is -0.215 e. The molecule has 1 N–H and O–H groups in total. The van der Waals surface area contributed by atoms with Crippen molar-refractivity contribution in [3.63, 3.8) is 0 Å². The Morgan fingerprint density at radius 2 is 1.69 bits per heavy atom. The Kier molecular flexibility index (Phi) is 3.76. The number of hydrogen-bond donors (Lipinski definition) is 1. The van der Waals surface area contributed by atoms with Gasteiger partial charge < -0.3 is 0 Å². The highest BCUT2D eigenvalue weighted by molar-refractivity contribution is 7.88. The van der Waals surface area contributed by atoms with E-state index in [4.69, 9.17) is 0 Å². The van der Waals surface area contributed by atoms with E-state index in [0.29, 0.717) is 6.54 Å². The Morgan fingerprint density at radius 3 is 2.12 bits per heavy atom. The van der Waals surface area contributed by atoms with Crippen LogP contribution in [-0.2, 0) is 15.4 Å². The molecule has 0 unspecified atom stereocenters. The lowest BCUT2D eigenvalue weighted by Crippen LogP contribution is -2.36. The van der Waals surface area contributed by atoms with Gasteiger partial charge in [-0.1, -0.05) is 43.7 Å². The Balaban J connectivity index is 2.81. The van der Waals surface area contributed by atoms with E-state index in [1.165, 1.54) is 11.8 Å². The van der Waals surface area contributed by atoms with Crippen LogP contribution >= 0.6 is 0 Å². The summed E-state index contributed by atoms with van der Waals surface area (Å²) in [7, 11) is -3.12. The summed E-state index contributed by atoms with van der Waals surface area (Å²) in [6, 6.07) is 8.16. The zero-order chi connectivity index (χ0) is 12.4. The molecule has 0 aliphatic carbocycles. The third-order valence-corrected chi connectivity index (χ3v) is 3.28. The van der Waals surface area contributed by atoms with E-state index in [1.807, 2.05) is 45.0 Å². The lowest BCUT2D eigenvalue weighted by atomic mass is 9.84. The molecular weight excluding hydrogens is 222 g/mol. The van der Waals surface area contributed by atoms with Gasteiger partial charge in [-0.2, -0.15) is 0 Å². The van der Waals surface area contributed by atoms with Crippen molar-refractivity contribution in [2.45, 2.75) is 26.2 Å². The number of benzene rings is 1. The van der Waals surface area contributed by atoms with Crippen molar-refractivity contribution in [2.75, 3.05) is 12.8 Å². The van der Waals surface area contributed by atoms with Crippen LogP contribution in [-0.4, -0.2) is 21.2 Å². The van der Waals surface area contributed by atoms with Gasteiger partial charge in [0, 0.05) is 12.0 Å². The van der Waals surface area contributed by atoms with Crippen molar-refractivity contribution in [3.05, 3.63) is 35.4 Å². The first-order valence-corrected chi connectivity index (χ1v) is 7.12. The largest absolute Gasteiger partial charge is 0.215 e. The standard InChI is InChI=1S/C12H19NO2S/c1-10-5-7-11(8-6-10)12(2,3)9-13-16(4,14)15/h5-8,13H,9H2,1-4H3. The molecule has 1 rings (SSSR count). The summed E-state index contributed by atoms with van der Waals surface area (Å²) in [5, 5.41) is 0. The van der Waals surface area contributed by atoms with Gasteiger partial charge >= 0.3 is 0 Å². The lowest BCUT2D eigenvalue weighted by molar-refractivity contribution is 0.503. The Labute approximate surface area is 97.9 Å². The molecule has 4 heteroatoms. The van der Waals surface area contributed by atoms with Gasteiger partial charge in [-0.05, 0) is 12.5 Å². The summed E-state index contributed by atoms with van der Waals surface area (Å²) >= 11 is 0. The second-order valence-corrected chi connectivity index (χ2v) is 6.68. The van der Waals surface area contributed by atoms with E-state index in [0.717, 1.165) is 5.56 Å². The molecule has 1 aromatic rings. The van der Waals surface area contributed by atoms with Crippen LogP contribution in [0.5, 0.6) is 0 Å². The second-order valence-electron chi connectivity index (χ2n) is 4.84. The molecular formula is C12H19NO2S. The molecule has 0 bridgehead atoms. The van der Waals surface area contributed by atoms with Gasteiger partial charge in [-0.3, -0.25) is 0 Å². The SMILES string of the molecule is Cc1ccc(C(C)(C)CNS(C)(=O)=O)cc1. The fourth-order valence-corrected chi connectivity index (χ4v) is 2.04. The summed E-state index contributed by atoms with van der Waals surface area (Å²) in [6.45, 7) is 6.49. The monoisotopic (exact) mass is 241 g/mol. The van der Waals surface area contributed by atoms with E-state index < -0.39 is 10.0 Å². The fourth-order valence-electron chi connectivity index (χ4n) is 1.42. The van der Waals surface area contributed by atoms with Crippen LogP contribution in [0, 0.1) is 6.92 Å². The maximum atomic E-state index is 11.1. The molecule has 0 aliphatic heterocycles. The van der Waals surface area contributed by atoms with E-state index >= 15 is 0 Å². The predicted molar refractivity (Wildman–Crippen MR) is 67.1 cm³/mol. The fraction of sp³-hybridized carbons (Fsp3) is 0.500. The number of rotatable bonds is 4. The van der Waals surface area contributed by atoms with Crippen molar-refractivity contribution >= 4 is 10.0 Å². The minimum atomic E-state index is -3.12. The Bertz CT molecular complexity index is 446. The van der Waals surface area contributed by atoms with Crippen molar-refractivity contribution in [1.29, 1.82) is 0 Å². The van der Waals surface area contributed by atoms with Crippen LogP contribution in [0.3, 0.4) is 0 Å². The number of aryl methyl sites for hydroxylation is 1. The van der Waals surface area contributed by atoms with Crippen LogP contribution in [0.25, 0.3) is 0 Å². The van der Waals surface area contributed by atoms with Crippen LogP contribution < -0.4 is 4.72 Å². The van der Waals surface area contributed by atoms with Crippen molar-refractivity contribution in [1.82, 2.24) is 4.72 Å².